The van der Waals surface area contributed by atoms with E-state index < -0.39 is 10.8 Å². The van der Waals surface area contributed by atoms with E-state index in [4.69, 9.17) is 0 Å². The molecule has 0 aromatic carbocycles. The van der Waals surface area contributed by atoms with Crippen LogP contribution in [0.5, 0.6) is 0 Å². The maximum Gasteiger partial charge on any atom is 0.148 e. The fraction of sp³-hybridized carbons (Fsp3) is 0.688. The maximum atomic E-state index is 12.7. The van der Waals surface area contributed by atoms with Crippen LogP contribution in [0.2, 0.25) is 0 Å². The number of hydrogen-bond acceptors (Lipinski definition) is 3. The van der Waals surface area contributed by atoms with Gasteiger partial charge >= 0.3 is 0 Å². The van der Waals surface area contributed by atoms with Gasteiger partial charge in [0, 0.05) is 19.3 Å². The SMILES string of the molecule is C=CC[C@@]12C(=O)CC[C@@]13C(=O)C[C@H](C)C[C@H]3CC2=O. The third kappa shape index (κ3) is 1.26. The van der Waals surface area contributed by atoms with Gasteiger partial charge in [0.05, 0.1) is 5.41 Å². The van der Waals surface area contributed by atoms with Crippen LogP contribution < -0.4 is 0 Å². The molecule has 19 heavy (non-hydrogen) atoms. The zero-order valence-corrected chi connectivity index (χ0v) is 11.4. The lowest BCUT2D eigenvalue weighted by molar-refractivity contribution is -0.151. The van der Waals surface area contributed by atoms with Crippen LogP contribution in [0.25, 0.3) is 0 Å². The zero-order chi connectivity index (χ0) is 13.8. The van der Waals surface area contributed by atoms with Crippen molar-refractivity contribution < 1.29 is 14.4 Å². The molecular formula is C16H20O3. The van der Waals surface area contributed by atoms with Gasteiger partial charge < -0.3 is 0 Å². The predicted octanol–water partition coefficient (Wildman–Crippen LogP) is 2.49. The molecule has 0 bridgehead atoms. The lowest BCUT2D eigenvalue weighted by atomic mass is 9.55. The molecular weight excluding hydrogens is 240 g/mol. The van der Waals surface area contributed by atoms with E-state index in [9.17, 15) is 14.4 Å². The fourth-order valence-corrected chi connectivity index (χ4v) is 5.10. The van der Waals surface area contributed by atoms with Crippen LogP contribution in [0, 0.1) is 22.7 Å². The van der Waals surface area contributed by atoms with Crippen molar-refractivity contribution in [1.82, 2.24) is 0 Å². The highest BCUT2D eigenvalue weighted by atomic mass is 16.2. The van der Waals surface area contributed by atoms with E-state index in [-0.39, 0.29) is 23.3 Å². The van der Waals surface area contributed by atoms with Gasteiger partial charge in [0.15, 0.2) is 0 Å². The summed E-state index contributed by atoms with van der Waals surface area (Å²) in [6.45, 7) is 5.78. The molecule has 0 aromatic heterocycles. The molecule has 0 unspecified atom stereocenters. The average Bonchev–Trinajstić information content (AvgIpc) is 2.75. The first-order valence-corrected chi connectivity index (χ1v) is 7.20. The highest BCUT2D eigenvalue weighted by Gasteiger charge is 2.74. The second-order valence-electron chi connectivity index (χ2n) is 6.59. The summed E-state index contributed by atoms with van der Waals surface area (Å²) in [6, 6.07) is 0. The molecule has 102 valence electrons. The lowest BCUT2D eigenvalue weighted by Crippen LogP contribution is -2.51. The van der Waals surface area contributed by atoms with Gasteiger partial charge in [0.25, 0.3) is 0 Å². The number of carbonyl (C=O) groups excluding carboxylic acids is 3. The quantitative estimate of drug-likeness (QED) is 0.566. The summed E-state index contributed by atoms with van der Waals surface area (Å²) in [7, 11) is 0. The summed E-state index contributed by atoms with van der Waals surface area (Å²) in [6.07, 6.45) is 4.81. The van der Waals surface area contributed by atoms with Crippen LogP contribution in [0.3, 0.4) is 0 Å². The first-order valence-electron chi connectivity index (χ1n) is 7.20. The Morgan fingerprint density at radius 3 is 2.63 bits per heavy atom. The van der Waals surface area contributed by atoms with E-state index in [2.05, 4.69) is 13.5 Å². The lowest BCUT2D eigenvalue weighted by Gasteiger charge is -2.44. The molecule has 3 aliphatic rings. The summed E-state index contributed by atoms with van der Waals surface area (Å²) in [5, 5.41) is 0. The number of allylic oxidation sites excluding steroid dienone is 1. The third-order valence-electron chi connectivity index (χ3n) is 5.76. The normalized spacial score (nSPS) is 45.2. The van der Waals surface area contributed by atoms with Gasteiger partial charge in [-0.2, -0.15) is 0 Å². The monoisotopic (exact) mass is 260 g/mol. The van der Waals surface area contributed by atoms with Crippen molar-refractivity contribution in [2.75, 3.05) is 0 Å². The molecule has 0 aromatic rings. The van der Waals surface area contributed by atoms with Gasteiger partial charge in [-0.1, -0.05) is 13.0 Å². The number of Topliss-reactive ketones (excluding diaryl/α,β-unsaturated/α-hetero) is 3. The summed E-state index contributed by atoms with van der Waals surface area (Å²) < 4.78 is 0. The Kier molecular flexibility index (Phi) is 2.60. The van der Waals surface area contributed by atoms with Gasteiger partial charge in [0.1, 0.15) is 22.8 Å². The second kappa shape index (κ2) is 3.87. The summed E-state index contributed by atoms with van der Waals surface area (Å²) in [5.74, 6) is 0.578. The van der Waals surface area contributed by atoms with Gasteiger partial charge in [-0.15, -0.1) is 6.58 Å². The summed E-state index contributed by atoms with van der Waals surface area (Å²) in [4.78, 5) is 37.7. The van der Waals surface area contributed by atoms with Gasteiger partial charge in [-0.05, 0) is 31.1 Å². The molecule has 0 saturated heterocycles. The van der Waals surface area contributed by atoms with Crippen molar-refractivity contribution in [3.05, 3.63) is 12.7 Å². The van der Waals surface area contributed by atoms with Crippen molar-refractivity contribution in [2.45, 2.75) is 45.4 Å². The predicted molar refractivity (Wildman–Crippen MR) is 70.4 cm³/mol. The van der Waals surface area contributed by atoms with E-state index in [1.807, 2.05) is 0 Å². The van der Waals surface area contributed by atoms with E-state index in [0.717, 1.165) is 6.42 Å². The highest BCUT2D eigenvalue weighted by molar-refractivity contribution is 6.17. The second-order valence-corrected chi connectivity index (χ2v) is 6.59. The first kappa shape index (κ1) is 12.8. The molecule has 3 aliphatic carbocycles. The van der Waals surface area contributed by atoms with Crippen molar-refractivity contribution in [3.63, 3.8) is 0 Å². The Bertz CT molecular complexity index is 492. The molecule has 3 fully saturated rings. The number of rotatable bonds is 2. The van der Waals surface area contributed by atoms with Crippen LogP contribution in [0.1, 0.15) is 45.4 Å². The van der Waals surface area contributed by atoms with Gasteiger partial charge in [0.2, 0.25) is 0 Å². The third-order valence-corrected chi connectivity index (χ3v) is 5.76. The van der Waals surface area contributed by atoms with E-state index in [1.54, 1.807) is 6.08 Å². The molecule has 3 saturated carbocycles. The maximum absolute atomic E-state index is 12.7. The standard InChI is InChI=1S/C16H20O3/c1-3-5-16-12(17)4-6-15(16)11(9-14(16)19)7-10(2)8-13(15)18/h3,10-11H,1,4-9H2,2H3/t10-,11+,15-,16+/m1/s1. The van der Waals surface area contributed by atoms with Crippen LogP contribution in [-0.4, -0.2) is 17.3 Å². The van der Waals surface area contributed by atoms with Gasteiger partial charge in [-0.25, -0.2) is 0 Å². The van der Waals surface area contributed by atoms with Crippen molar-refractivity contribution in [2.24, 2.45) is 22.7 Å². The Balaban J connectivity index is 2.18. The van der Waals surface area contributed by atoms with Crippen molar-refractivity contribution in [3.8, 4) is 0 Å². The van der Waals surface area contributed by atoms with Crippen LogP contribution in [0.15, 0.2) is 12.7 Å². The minimum atomic E-state index is -1.04. The molecule has 0 N–H and O–H groups in total. The highest BCUT2D eigenvalue weighted by Crippen LogP contribution is 2.67. The summed E-state index contributed by atoms with van der Waals surface area (Å²) in [5.41, 5.74) is -1.72. The molecule has 1 spiro atoms. The average molecular weight is 260 g/mol. The number of carbonyl (C=O) groups is 3. The van der Waals surface area contributed by atoms with Crippen LogP contribution >= 0.6 is 0 Å². The van der Waals surface area contributed by atoms with Crippen LogP contribution in [-0.2, 0) is 14.4 Å². The molecule has 0 aliphatic heterocycles. The fourth-order valence-electron chi connectivity index (χ4n) is 5.10. The molecule has 3 heteroatoms. The Hall–Kier alpha value is -1.25. The molecule has 0 amide bonds. The molecule has 4 atom stereocenters. The number of hydrogen-bond donors (Lipinski definition) is 0. The Morgan fingerprint density at radius 1 is 1.21 bits per heavy atom. The molecule has 3 nitrogen and oxygen atoms in total. The topological polar surface area (TPSA) is 51.2 Å². The molecule has 0 radical (unpaired) electrons. The van der Waals surface area contributed by atoms with Crippen molar-refractivity contribution >= 4 is 17.3 Å². The largest absolute Gasteiger partial charge is 0.299 e. The Labute approximate surface area is 113 Å². The van der Waals surface area contributed by atoms with E-state index in [1.165, 1.54) is 0 Å². The van der Waals surface area contributed by atoms with Crippen LogP contribution in [0.4, 0.5) is 0 Å². The molecule has 0 heterocycles. The van der Waals surface area contributed by atoms with Crippen molar-refractivity contribution in [1.29, 1.82) is 0 Å². The first-order chi connectivity index (χ1) is 8.99. The van der Waals surface area contributed by atoms with Gasteiger partial charge in [-0.3, -0.25) is 14.4 Å². The minimum absolute atomic E-state index is 0.00218. The van der Waals surface area contributed by atoms with E-state index >= 15 is 0 Å². The number of ketones is 3. The summed E-state index contributed by atoms with van der Waals surface area (Å²) >= 11 is 0. The molecule has 3 rings (SSSR count). The Morgan fingerprint density at radius 2 is 1.95 bits per heavy atom. The van der Waals surface area contributed by atoms with E-state index in [0.29, 0.717) is 38.0 Å². The minimum Gasteiger partial charge on any atom is -0.299 e. The smallest absolute Gasteiger partial charge is 0.148 e. The zero-order valence-electron chi connectivity index (χ0n) is 11.4.